The second-order valence-electron chi connectivity index (χ2n) is 6.19. The third-order valence-corrected chi connectivity index (χ3v) is 4.03. The zero-order chi connectivity index (χ0) is 21.3. The van der Waals surface area contributed by atoms with Crippen LogP contribution in [0, 0.1) is 6.92 Å². The van der Waals surface area contributed by atoms with Crippen molar-refractivity contribution in [1.82, 2.24) is 24.7 Å². The SMILES string of the molecule is Cc1ccc(COC(=O)Nc2ccc(-c3noc(C(F)(F)F)n3)n3nccc23)cn1. The summed E-state index contributed by atoms with van der Waals surface area (Å²) in [6.45, 7) is 1.87. The van der Waals surface area contributed by atoms with Crippen molar-refractivity contribution < 1.29 is 27.2 Å². The number of carbonyl (C=O) groups is 1. The van der Waals surface area contributed by atoms with Crippen LogP contribution in [0.2, 0.25) is 0 Å². The Morgan fingerprint density at radius 2 is 2.07 bits per heavy atom. The Hall–Kier alpha value is -3.96. The van der Waals surface area contributed by atoms with Crippen molar-refractivity contribution in [2.75, 3.05) is 5.32 Å². The Balaban J connectivity index is 1.53. The number of carbonyl (C=O) groups excluding carboxylic acids is 1. The summed E-state index contributed by atoms with van der Waals surface area (Å²) >= 11 is 0. The standard InChI is InChI=1S/C18H13F3N6O3/c1-10-2-3-11(8-22-10)9-29-17(28)24-12-4-5-14(27-13(12)6-7-23-27)15-25-16(30-26-15)18(19,20)21/h2-8H,9H2,1H3,(H,24,28). The molecule has 0 fully saturated rings. The van der Waals surface area contributed by atoms with Gasteiger partial charge in [-0.25, -0.2) is 9.31 Å². The molecule has 4 aromatic rings. The summed E-state index contributed by atoms with van der Waals surface area (Å²) in [5, 5.41) is 9.98. The van der Waals surface area contributed by atoms with E-state index in [0.29, 0.717) is 11.2 Å². The van der Waals surface area contributed by atoms with Crippen LogP contribution in [-0.4, -0.2) is 30.8 Å². The molecule has 0 aliphatic rings. The van der Waals surface area contributed by atoms with Crippen LogP contribution in [0.15, 0.2) is 47.2 Å². The van der Waals surface area contributed by atoms with Crippen molar-refractivity contribution in [2.24, 2.45) is 0 Å². The zero-order valence-corrected chi connectivity index (χ0v) is 15.3. The first-order chi connectivity index (χ1) is 14.3. The highest BCUT2D eigenvalue weighted by molar-refractivity contribution is 5.91. The number of amides is 1. The van der Waals surface area contributed by atoms with Crippen LogP contribution in [0.5, 0.6) is 0 Å². The predicted molar refractivity (Wildman–Crippen MR) is 96.3 cm³/mol. The number of nitrogens with one attached hydrogen (secondary N) is 1. The Kier molecular flexibility index (Phi) is 4.82. The number of alkyl halides is 3. The van der Waals surface area contributed by atoms with E-state index in [0.717, 1.165) is 11.3 Å². The molecule has 0 spiro atoms. The summed E-state index contributed by atoms with van der Waals surface area (Å²) in [4.78, 5) is 19.6. The Morgan fingerprint density at radius 3 is 2.77 bits per heavy atom. The second kappa shape index (κ2) is 7.46. The molecule has 1 amide bonds. The number of hydrogen-bond donors (Lipinski definition) is 1. The maximum absolute atomic E-state index is 12.7. The highest BCUT2D eigenvalue weighted by Crippen LogP contribution is 2.30. The molecule has 4 rings (SSSR count). The fraction of sp³-hybridized carbons (Fsp3) is 0.167. The average molecular weight is 418 g/mol. The Bertz CT molecular complexity index is 1200. The van der Waals surface area contributed by atoms with Gasteiger partial charge in [-0.05, 0) is 31.2 Å². The fourth-order valence-electron chi connectivity index (χ4n) is 2.61. The number of aryl methyl sites for hydroxylation is 1. The molecular weight excluding hydrogens is 405 g/mol. The topological polar surface area (TPSA) is 107 Å². The molecule has 30 heavy (non-hydrogen) atoms. The van der Waals surface area contributed by atoms with Crippen LogP contribution in [0.1, 0.15) is 17.1 Å². The molecule has 4 heterocycles. The lowest BCUT2D eigenvalue weighted by Crippen LogP contribution is -2.14. The molecule has 9 nitrogen and oxygen atoms in total. The quantitative estimate of drug-likeness (QED) is 0.536. The lowest BCUT2D eigenvalue weighted by atomic mass is 10.2. The van der Waals surface area contributed by atoms with Gasteiger partial charge in [0.15, 0.2) is 0 Å². The van der Waals surface area contributed by atoms with Crippen molar-refractivity contribution >= 4 is 17.3 Å². The van der Waals surface area contributed by atoms with E-state index in [1.165, 1.54) is 22.8 Å². The minimum atomic E-state index is -4.76. The monoisotopic (exact) mass is 418 g/mol. The number of nitrogens with zero attached hydrogens (tertiary/aromatic N) is 5. The summed E-state index contributed by atoms with van der Waals surface area (Å²) in [6, 6.07) is 8.04. The maximum atomic E-state index is 12.7. The van der Waals surface area contributed by atoms with Crippen LogP contribution in [0.3, 0.4) is 0 Å². The van der Waals surface area contributed by atoms with E-state index in [9.17, 15) is 18.0 Å². The maximum Gasteiger partial charge on any atom is 0.471 e. The largest absolute Gasteiger partial charge is 0.471 e. The van der Waals surface area contributed by atoms with Gasteiger partial charge in [-0.3, -0.25) is 10.3 Å². The van der Waals surface area contributed by atoms with Crippen molar-refractivity contribution in [1.29, 1.82) is 0 Å². The molecule has 0 radical (unpaired) electrons. The van der Waals surface area contributed by atoms with E-state index in [1.54, 1.807) is 24.4 Å². The molecule has 0 aliphatic carbocycles. The number of aromatic nitrogens is 5. The normalized spacial score (nSPS) is 11.6. The molecule has 1 N–H and O–H groups in total. The summed E-state index contributed by atoms with van der Waals surface area (Å²) < 4.78 is 48.8. The lowest BCUT2D eigenvalue weighted by molar-refractivity contribution is -0.159. The minimum absolute atomic E-state index is 0.0236. The van der Waals surface area contributed by atoms with Gasteiger partial charge in [0.25, 0.3) is 0 Å². The van der Waals surface area contributed by atoms with Crippen LogP contribution in [-0.2, 0) is 17.5 Å². The van der Waals surface area contributed by atoms with Gasteiger partial charge in [-0.15, -0.1) is 0 Å². The van der Waals surface area contributed by atoms with Gasteiger partial charge in [0.05, 0.1) is 17.4 Å². The number of anilines is 1. The first-order valence-electron chi connectivity index (χ1n) is 8.54. The van der Waals surface area contributed by atoms with Gasteiger partial charge >= 0.3 is 18.2 Å². The number of halogens is 3. The zero-order valence-electron chi connectivity index (χ0n) is 15.3. The summed E-state index contributed by atoms with van der Waals surface area (Å²) in [7, 11) is 0. The molecular formula is C18H13F3N6O3. The van der Waals surface area contributed by atoms with Crippen LogP contribution in [0.4, 0.5) is 23.7 Å². The molecule has 0 saturated carbocycles. The smallest absolute Gasteiger partial charge is 0.444 e. The summed E-state index contributed by atoms with van der Waals surface area (Å²) in [5.41, 5.74) is 2.45. The third-order valence-electron chi connectivity index (χ3n) is 4.03. The number of hydrogen-bond acceptors (Lipinski definition) is 7. The molecule has 0 atom stereocenters. The van der Waals surface area contributed by atoms with Crippen molar-refractivity contribution in [3.8, 4) is 11.5 Å². The van der Waals surface area contributed by atoms with Gasteiger partial charge < -0.3 is 9.26 Å². The molecule has 0 bridgehead atoms. The molecule has 0 aromatic carbocycles. The molecule has 0 unspecified atom stereocenters. The first kappa shape index (κ1) is 19.4. The number of ether oxygens (including phenoxy) is 1. The molecule has 0 saturated heterocycles. The summed E-state index contributed by atoms with van der Waals surface area (Å²) in [6.07, 6.45) is -2.46. The number of fused-ring (bicyclic) bond motifs is 1. The Morgan fingerprint density at radius 1 is 1.23 bits per heavy atom. The molecule has 12 heteroatoms. The second-order valence-corrected chi connectivity index (χ2v) is 6.19. The van der Waals surface area contributed by atoms with Crippen LogP contribution < -0.4 is 5.32 Å². The fourth-order valence-corrected chi connectivity index (χ4v) is 2.61. The highest BCUT2D eigenvalue weighted by atomic mass is 19.4. The van der Waals surface area contributed by atoms with Crippen LogP contribution in [0.25, 0.3) is 17.0 Å². The van der Waals surface area contributed by atoms with Crippen molar-refractivity contribution in [3.63, 3.8) is 0 Å². The van der Waals surface area contributed by atoms with Crippen molar-refractivity contribution in [3.05, 3.63) is 59.9 Å². The van der Waals surface area contributed by atoms with Gasteiger partial charge in [0, 0.05) is 17.5 Å². The van der Waals surface area contributed by atoms with E-state index in [-0.39, 0.29) is 18.1 Å². The van der Waals surface area contributed by atoms with Gasteiger partial charge in [0.1, 0.15) is 12.3 Å². The van der Waals surface area contributed by atoms with E-state index in [1.807, 2.05) is 6.92 Å². The molecule has 0 aliphatic heterocycles. The highest BCUT2D eigenvalue weighted by Gasteiger charge is 2.38. The molecule has 4 aromatic heterocycles. The molecule has 154 valence electrons. The number of pyridine rings is 2. The van der Waals surface area contributed by atoms with Gasteiger partial charge in [-0.2, -0.15) is 23.3 Å². The summed E-state index contributed by atoms with van der Waals surface area (Å²) in [5.74, 6) is -1.76. The predicted octanol–water partition coefficient (Wildman–Crippen LogP) is 3.86. The average Bonchev–Trinajstić information content (AvgIpc) is 3.38. The lowest BCUT2D eigenvalue weighted by Gasteiger charge is -2.10. The van der Waals surface area contributed by atoms with E-state index in [4.69, 9.17) is 4.74 Å². The van der Waals surface area contributed by atoms with Gasteiger partial charge in [-0.1, -0.05) is 11.2 Å². The van der Waals surface area contributed by atoms with Crippen LogP contribution >= 0.6 is 0 Å². The number of rotatable bonds is 4. The van der Waals surface area contributed by atoms with E-state index >= 15 is 0 Å². The van der Waals surface area contributed by atoms with Crippen molar-refractivity contribution in [2.45, 2.75) is 19.7 Å². The first-order valence-corrected chi connectivity index (χ1v) is 8.54. The van der Waals surface area contributed by atoms with E-state index in [2.05, 4.69) is 30.1 Å². The Labute approximate surface area is 166 Å². The third kappa shape index (κ3) is 3.92. The van der Waals surface area contributed by atoms with Gasteiger partial charge in [0.2, 0.25) is 5.82 Å². The van der Waals surface area contributed by atoms with E-state index < -0.39 is 18.2 Å². The minimum Gasteiger partial charge on any atom is -0.444 e.